The van der Waals surface area contributed by atoms with Gasteiger partial charge in [0.1, 0.15) is 5.69 Å². The van der Waals surface area contributed by atoms with Gasteiger partial charge in [-0.1, -0.05) is 6.07 Å². The Balaban J connectivity index is 2.35. The van der Waals surface area contributed by atoms with Crippen molar-refractivity contribution in [1.82, 2.24) is 4.98 Å². The van der Waals surface area contributed by atoms with E-state index in [0.29, 0.717) is 5.69 Å². The molecule has 1 amide bonds. The zero-order valence-corrected chi connectivity index (χ0v) is 14.9. The highest BCUT2D eigenvalue weighted by atomic mass is 16.5. The van der Waals surface area contributed by atoms with Crippen LogP contribution in [0.2, 0.25) is 0 Å². The lowest BCUT2D eigenvalue weighted by atomic mass is 10.1. The Labute approximate surface area is 151 Å². The van der Waals surface area contributed by atoms with Crippen molar-refractivity contribution in [3.8, 4) is 0 Å². The van der Waals surface area contributed by atoms with E-state index in [4.69, 9.17) is 9.47 Å². The molecular weight excluding hydrogens is 336 g/mol. The van der Waals surface area contributed by atoms with Gasteiger partial charge in [-0.15, -0.1) is 0 Å². The van der Waals surface area contributed by atoms with Crippen molar-refractivity contribution in [2.45, 2.75) is 20.8 Å². The van der Waals surface area contributed by atoms with Crippen LogP contribution in [-0.2, 0) is 9.47 Å². The molecule has 0 radical (unpaired) electrons. The summed E-state index contributed by atoms with van der Waals surface area (Å²) in [6, 6.07) is 9.32. The average Bonchev–Trinajstić information content (AvgIpc) is 2.61. The number of benzene rings is 1. The van der Waals surface area contributed by atoms with Gasteiger partial charge < -0.3 is 14.8 Å². The largest absolute Gasteiger partial charge is 0.462 e. The maximum atomic E-state index is 12.4. The summed E-state index contributed by atoms with van der Waals surface area (Å²) in [4.78, 5) is 40.6. The molecular formula is C19H20N2O5. The van der Waals surface area contributed by atoms with Crippen LogP contribution in [0.3, 0.4) is 0 Å². The Morgan fingerprint density at radius 1 is 0.962 bits per heavy atom. The summed E-state index contributed by atoms with van der Waals surface area (Å²) < 4.78 is 9.93. The minimum atomic E-state index is -0.595. The predicted octanol–water partition coefficient (Wildman–Crippen LogP) is 3.00. The summed E-state index contributed by atoms with van der Waals surface area (Å²) in [7, 11) is 0. The minimum absolute atomic E-state index is 0.143. The summed E-state index contributed by atoms with van der Waals surface area (Å²) in [5.74, 6) is -1.64. The van der Waals surface area contributed by atoms with Gasteiger partial charge in [0, 0.05) is 11.4 Å². The highest BCUT2D eigenvalue weighted by Gasteiger charge is 2.16. The number of rotatable bonds is 6. The third-order valence-corrected chi connectivity index (χ3v) is 3.33. The van der Waals surface area contributed by atoms with Crippen molar-refractivity contribution < 1.29 is 23.9 Å². The molecule has 1 N–H and O–H groups in total. The number of carbonyl (C=O) groups is 3. The van der Waals surface area contributed by atoms with Crippen molar-refractivity contribution in [1.29, 1.82) is 0 Å². The minimum Gasteiger partial charge on any atom is -0.462 e. The van der Waals surface area contributed by atoms with Crippen molar-refractivity contribution >= 4 is 23.5 Å². The van der Waals surface area contributed by atoms with Crippen LogP contribution >= 0.6 is 0 Å². The lowest BCUT2D eigenvalue weighted by molar-refractivity contribution is 0.0525. The van der Waals surface area contributed by atoms with Gasteiger partial charge in [0.15, 0.2) is 0 Å². The summed E-state index contributed by atoms with van der Waals surface area (Å²) in [6.07, 6.45) is 0. The number of hydrogen-bond acceptors (Lipinski definition) is 6. The van der Waals surface area contributed by atoms with Gasteiger partial charge in [-0.2, -0.15) is 0 Å². The third-order valence-electron chi connectivity index (χ3n) is 3.33. The zero-order valence-electron chi connectivity index (χ0n) is 14.9. The highest BCUT2D eigenvalue weighted by Crippen LogP contribution is 2.18. The molecule has 1 aromatic heterocycles. The van der Waals surface area contributed by atoms with Crippen molar-refractivity contribution in [2.75, 3.05) is 18.5 Å². The quantitative estimate of drug-likeness (QED) is 0.800. The topological polar surface area (TPSA) is 94.6 Å². The Kier molecular flexibility index (Phi) is 6.43. The zero-order chi connectivity index (χ0) is 19.1. The van der Waals surface area contributed by atoms with Gasteiger partial charge in [-0.3, -0.25) is 4.79 Å². The van der Waals surface area contributed by atoms with Crippen LogP contribution in [0.25, 0.3) is 0 Å². The molecule has 0 fully saturated rings. The standard InChI is InChI=1S/C19H20N2O5/c1-4-25-18(23)13-9-14(19(24)26-5-2)11-15(10-13)21-17(22)16-8-6-7-12(3)20-16/h6-11H,4-5H2,1-3H3,(H,21,22). The van der Waals surface area contributed by atoms with Gasteiger partial charge in [0.25, 0.3) is 5.91 Å². The normalized spacial score (nSPS) is 10.1. The van der Waals surface area contributed by atoms with E-state index in [2.05, 4.69) is 10.3 Å². The number of ether oxygens (including phenoxy) is 2. The van der Waals surface area contributed by atoms with Crippen LogP contribution in [-0.4, -0.2) is 36.0 Å². The molecule has 7 heteroatoms. The first-order valence-electron chi connectivity index (χ1n) is 8.19. The lowest BCUT2D eigenvalue weighted by Crippen LogP contribution is -2.16. The second-order valence-corrected chi connectivity index (χ2v) is 5.36. The SMILES string of the molecule is CCOC(=O)c1cc(NC(=O)c2cccc(C)n2)cc(C(=O)OCC)c1. The number of anilines is 1. The molecule has 2 aromatic rings. The molecule has 0 saturated carbocycles. The maximum Gasteiger partial charge on any atom is 0.338 e. The van der Waals surface area contributed by atoms with Crippen LogP contribution in [0.15, 0.2) is 36.4 Å². The molecule has 0 bridgehead atoms. The molecule has 0 unspecified atom stereocenters. The fraction of sp³-hybridized carbons (Fsp3) is 0.263. The van der Waals surface area contributed by atoms with Gasteiger partial charge in [0.05, 0.1) is 24.3 Å². The van der Waals surface area contributed by atoms with Crippen LogP contribution < -0.4 is 5.32 Å². The van der Waals surface area contributed by atoms with E-state index in [1.165, 1.54) is 18.2 Å². The molecule has 7 nitrogen and oxygen atoms in total. The van der Waals surface area contributed by atoms with Gasteiger partial charge in [0.2, 0.25) is 0 Å². The molecule has 1 heterocycles. The molecule has 0 aliphatic carbocycles. The second-order valence-electron chi connectivity index (χ2n) is 5.36. The Morgan fingerprint density at radius 2 is 1.54 bits per heavy atom. The average molecular weight is 356 g/mol. The van der Waals surface area contributed by atoms with Gasteiger partial charge in [-0.25, -0.2) is 14.6 Å². The van der Waals surface area contributed by atoms with E-state index < -0.39 is 17.8 Å². The predicted molar refractivity (Wildman–Crippen MR) is 95.3 cm³/mol. The summed E-state index contributed by atoms with van der Waals surface area (Å²) in [5, 5.41) is 2.64. The summed E-state index contributed by atoms with van der Waals surface area (Å²) in [5.41, 5.74) is 1.48. The van der Waals surface area contributed by atoms with Gasteiger partial charge in [-0.05, 0) is 51.1 Å². The first-order valence-corrected chi connectivity index (χ1v) is 8.19. The number of nitrogens with one attached hydrogen (secondary N) is 1. The number of hydrogen-bond donors (Lipinski definition) is 1. The van der Waals surface area contributed by atoms with Crippen LogP contribution in [0, 0.1) is 6.92 Å². The molecule has 1 aromatic carbocycles. The first-order chi connectivity index (χ1) is 12.4. The molecule has 136 valence electrons. The first kappa shape index (κ1) is 19.1. The Hall–Kier alpha value is -3.22. The number of carbonyl (C=O) groups excluding carboxylic acids is 3. The van der Waals surface area contributed by atoms with Crippen LogP contribution in [0.5, 0.6) is 0 Å². The molecule has 2 rings (SSSR count). The fourth-order valence-corrected chi connectivity index (χ4v) is 2.23. The molecule has 26 heavy (non-hydrogen) atoms. The van der Waals surface area contributed by atoms with Crippen molar-refractivity contribution in [2.24, 2.45) is 0 Å². The van der Waals surface area contributed by atoms with E-state index in [9.17, 15) is 14.4 Å². The molecule has 0 atom stereocenters. The smallest absolute Gasteiger partial charge is 0.338 e. The van der Waals surface area contributed by atoms with E-state index >= 15 is 0 Å². The van der Waals surface area contributed by atoms with E-state index in [-0.39, 0.29) is 35.7 Å². The van der Waals surface area contributed by atoms with Crippen molar-refractivity contribution in [3.63, 3.8) is 0 Å². The number of amides is 1. The molecule has 0 saturated heterocycles. The second kappa shape index (κ2) is 8.75. The summed E-state index contributed by atoms with van der Waals surface area (Å²) >= 11 is 0. The summed E-state index contributed by atoms with van der Waals surface area (Å²) in [6.45, 7) is 5.52. The number of esters is 2. The van der Waals surface area contributed by atoms with E-state index in [1.807, 2.05) is 0 Å². The number of nitrogens with zero attached hydrogens (tertiary/aromatic N) is 1. The Bertz CT molecular complexity index is 796. The number of pyridine rings is 1. The molecule has 0 aliphatic rings. The monoisotopic (exact) mass is 356 g/mol. The van der Waals surface area contributed by atoms with Crippen LogP contribution in [0.1, 0.15) is 50.7 Å². The van der Waals surface area contributed by atoms with Gasteiger partial charge >= 0.3 is 11.9 Å². The molecule has 0 spiro atoms. The maximum absolute atomic E-state index is 12.4. The van der Waals surface area contributed by atoms with E-state index in [0.717, 1.165) is 0 Å². The number of aromatic nitrogens is 1. The third kappa shape index (κ3) is 4.89. The Morgan fingerprint density at radius 3 is 2.04 bits per heavy atom. The number of aryl methyl sites for hydroxylation is 1. The fourth-order valence-electron chi connectivity index (χ4n) is 2.23. The van der Waals surface area contributed by atoms with Crippen molar-refractivity contribution in [3.05, 3.63) is 58.9 Å². The molecule has 0 aliphatic heterocycles. The highest BCUT2D eigenvalue weighted by molar-refractivity contribution is 6.05. The van der Waals surface area contributed by atoms with Crippen LogP contribution in [0.4, 0.5) is 5.69 Å². The van der Waals surface area contributed by atoms with E-state index in [1.54, 1.807) is 39.0 Å². The lowest BCUT2D eigenvalue weighted by Gasteiger charge is -2.10.